The number of anilines is 3. The van der Waals surface area contributed by atoms with Crippen LogP contribution in [0.3, 0.4) is 0 Å². The third-order valence-corrected chi connectivity index (χ3v) is 2.62. The molecule has 1 aromatic carbocycles. The van der Waals surface area contributed by atoms with Crippen molar-refractivity contribution in [3.05, 3.63) is 42.2 Å². The number of nitrogens with two attached hydrogens (primary N) is 1. The molecule has 17 heavy (non-hydrogen) atoms. The van der Waals surface area contributed by atoms with E-state index in [4.69, 9.17) is 5.73 Å². The summed E-state index contributed by atoms with van der Waals surface area (Å²) in [5.41, 5.74) is 8.50. The lowest BCUT2D eigenvalue weighted by atomic mass is 10.2. The van der Waals surface area contributed by atoms with Gasteiger partial charge in [-0.25, -0.2) is 9.97 Å². The highest BCUT2D eigenvalue weighted by molar-refractivity contribution is 5.61. The smallest absolute Gasteiger partial charge is 0.229 e. The summed E-state index contributed by atoms with van der Waals surface area (Å²) >= 11 is 0. The molecule has 0 aliphatic heterocycles. The Hall–Kier alpha value is -2.10. The third-order valence-electron chi connectivity index (χ3n) is 2.62. The number of aryl methyl sites for hydroxylation is 1. The van der Waals surface area contributed by atoms with Gasteiger partial charge in [0.1, 0.15) is 0 Å². The van der Waals surface area contributed by atoms with Crippen LogP contribution in [0.5, 0.6) is 0 Å². The second-order valence-corrected chi connectivity index (χ2v) is 3.85. The summed E-state index contributed by atoms with van der Waals surface area (Å²) in [6.07, 6.45) is 3.26. The number of benzene rings is 1. The van der Waals surface area contributed by atoms with E-state index in [-0.39, 0.29) is 0 Å². The molecule has 0 radical (unpaired) electrons. The monoisotopic (exact) mass is 228 g/mol. The Labute approximate surface area is 101 Å². The van der Waals surface area contributed by atoms with Crippen molar-refractivity contribution in [3.63, 3.8) is 0 Å². The lowest BCUT2D eigenvalue weighted by Crippen LogP contribution is -2.19. The average molecular weight is 228 g/mol. The fourth-order valence-electron chi connectivity index (χ4n) is 1.76. The number of nitrogen functional groups attached to an aromatic ring is 1. The summed E-state index contributed by atoms with van der Waals surface area (Å²) in [6, 6.07) is 8.19. The third kappa shape index (κ3) is 2.36. The highest BCUT2D eigenvalue weighted by Gasteiger charge is 2.11. The van der Waals surface area contributed by atoms with Gasteiger partial charge in [-0.3, -0.25) is 0 Å². The Morgan fingerprint density at radius 1 is 1.18 bits per heavy atom. The van der Waals surface area contributed by atoms with Gasteiger partial charge >= 0.3 is 0 Å². The Morgan fingerprint density at radius 2 is 1.82 bits per heavy atom. The number of nitrogens with zero attached hydrogens (tertiary/aromatic N) is 3. The van der Waals surface area contributed by atoms with Crippen LogP contribution in [0.15, 0.2) is 36.7 Å². The summed E-state index contributed by atoms with van der Waals surface area (Å²) in [5.74, 6) is 0.677. The van der Waals surface area contributed by atoms with Crippen molar-refractivity contribution in [3.8, 4) is 0 Å². The highest BCUT2D eigenvalue weighted by atomic mass is 15.2. The minimum atomic E-state index is 0.578. The first kappa shape index (κ1) is 11.4. The van der Waals surface area contributed by atoms with Gasteiger partial charge in [0.25, 0.3) is 0 Å². The molecule has 0 aliphatic rings. The summed E-state index contributed by atoms with van der Waals surface area (Å²) < 4.78 is 0. The Kier molecular flexibility index (Phi) is 3.23. The predicted octanol–water partition coefficient (Wildman–Crippen LogP) is 2.53. The molecular weight excluding hydrogens is 212 g/mol. The van der Waals surface area contributed by atoms with E-state index in [2.05, 4.69) is 40.8 Å². The van der Waals surface area contributed by atoms with E-state index in [0.717, 1.165) is 12.2 Å². The molecule has 0 unspecified atom stereocenters. The first-order valence-corrected chi connectivity index (χ1v) is 5.63. The zero-order chi connectivity index (χ0) is 12.3. The number of rotatable bonds is 3. The van der Waals surface area contributed by atoms with E-state index in [0.29, 0.717) is 11.6 Å². The van der Waals surface area contributed by atoms with Crippen LogP contribution < -0.4 is 10.6 Å². The summed E-state index contributed by atoms with van der Waals surface area (Å²) in [4.78, 5) is 10.6. The zero-order valence-electron chi connectivity index (χ0n) is 10.1. The number of hydrogen-bond donors (Lipinski definition) is 1. The summed E-state index contributed by atoms with van der Waals surface area (Å²) in [5, 5.41) is 0. The molecule has 0 spiro atoms. The molecule has 0 fully saturated rings. The molecule has 0 amide bonds. The molecule has 2 aromatic rings. The standard InChI is InChI=1S/C13H16N4/c1-3-17(12-7-5-4-6-10(12)2)13-15-8-11(14)9-16-13/h4-9H,3,14H2,1-2H3. The van der Waals surface area contributed by atoms with E-state index >= 15 is 0 Å². The van der Waals surface area contributed by atoms with Crippen LogP contribution in [0, 0.1) is 6.92 Å². The van der Waals surface area contributed by atoms with Gasteiger partial charge in [-0.05, 0) is 25.5 Å². The lowest BCUT2D eigenvalue weighted by molar-refractivity contribution is 0.942. The van der Waals surface area contributed by atoms with Crippen LogP contribution in [0.1, 0.15) is 12.5 Å². The second kappa shape index (κ2) is 4.82. The summed E-state index contributed by atoms with van der Waals surface area (Å²) in [7, 11) is 0. The average Bonchev–Trinajstić information content (AvgIpc) is 2.35. The maximum atomic E-state index is 5.59. The molecule has 88 valence electrons. The molecule has 0 atom stereocenters. The summed E-state index contributed by atoms with van der Waals surface area (Å²) in [6.45, 7) is 4.97. The molecule has 1 heterocycles. The topological polar surface area (TPSA) is 55.0 Å². The van der Waals surface area contributed by atoms with Gasteiger partial charge in [0.2, 0.25) is 5.95 Å². The van der Waals surface area contributed by atoms with Gasteiger partial charge in [-0.1, -0.05) is 18.2 Å². The van der Waals surface area contributed by atoms with E-state index in [1.165, 1.54) is 5.56 Å². The van der Waals surface area contributed by atoms with Crippen molar-refractivity contribution in [1.82, 2.24) is 9.97 Å². The molecular formula is C13H16N4. The van der Waals surface area contributed by atoms with Crippen molar-refractivity contribution in [2.75, 3.05) is 17.2 Å². The van der Waals surface area contributed by atoms with Crippen LogP contribution in [-0.2, 0) is 0 Å². The maximum Gasteiger partial charge on any atom is 0.229 e. The fraction of sp³-hybridized carbons (Fsp3) is 0.231. The maximum absolute atomic E-state index is 5.59. The fourth-order valence-corrected chi connectivity index (χ4v) is 1.76. The van der Waals surface area contributed by atoms with Gasteiger partial charge in [0.05, 0.1) is 18.1 Å². The van der Waals surface area contributed by atoms with Crippen molar-refractivity contribution >= 4 is 17.3 Å². The van der Waals surface area contributed by atoms with Crippen LogP contribution in [0.2, 0.25) is 0 Å². The lowest BCUT2D eigenvalue weighted by Gasteiger charge is -2.22. The molecule has 0 bridgehead atoms. The van der Waals surface area contributed by atoms with Crippen LogP contribution in [-0.4, -0.2) is 16.5 Å². The van der Waals surface area contributed by atoms with Gasteiger partial charge in [-0.2, -0.15) is 0 Å². The molecule has 1 aromatic heterocycles. The normalized spacial score (nSPS) is 10.2. The Balaban J connectivity index is 2.40. The Morgan fingerprint density at radius 3 is 2.41 bits per heavy atom. The largest absolute Gasteiger partial charge is 0.396 e. The number of para-hydroxylation sites is 1. The Bertz CT molecular complexity index is 493. The molecule has 2 rings (SSSR count). The van der Waals surface area contributed by atoms with Crippen molar-refractivity contribution in [1.29, 1.82) is 0 Å². The van der Waals surface area contributed by atoms with E-state index < -0.39 is 0 Å². The molecule has 0 saturated heterocycles. The van der Waals surface area contributed by atoms with E-state index in [9.17, 15) is 0 Å². The van der Waals surface area contributed by atoms with Crippen LogP contribution >= 0.6 is 0 Å². The van der Waals surface area contributed by atoms with Gasteiger partial charge in [0, 0.05) is 12.2 Å². The minimum absolute atomic E-state index is 0.578. The predicted molar refractivity (Wildman–Crippen MR) is 70.3 cm³/mol. The van der Waals surface area contributed by atoms with Crippen LogP contribution in [0.25, 0.3) is 0 Å². The zero-order valence-corrected chi connectivity index (χ0v) is 10.1. The molecule has 4 nitrogen and oxygen atoms in total. The SMILES string of the molecule is CCN(c1ncc(N)cn1)c1ccccc1C. The first-order valence-electron chi connectivity index (χ1n) is 5.63. The van der Waals surface area contributed by atoms with Crippen molar-refractivity contribution in [2.45, 2.75) is 13.8 Å². The van der Waals surface area contributed by atoms with Gasteiger partial charge in [0.15, 0.2) is 0 Å². The number of aromatic nitrogens is 2. The molecule has 0 saturated carbocycles. The quantitative estimate of drug-likeness (QED) is 0.877. The van der Waals surface area contributed by atoms with E-state index in [1.54, 1.807) is 12.4 Å². The van der Waals surface area contributed by atoms with E-state index in [1.807, 2.05) is 12.1 Å². The van der Waals surface area contributed by atoms with Crippen molar-refractivity contribution < 1.29 is 0 Å². The van der Waals surface area contributed by atoms with Crippen LogP contribution in [0.4, 0.5) is 17.3 Å². The molecule has 0 aliphatic carbocycles. The van der Waals surface area contributed by atoms with Gasteiger partial charge in [-0.15, -0.1) is 0 Å². The molecule has 2 N–H and O–H groups in total. The minimum Gasteiger partial charge on any atom is -0.396 e. The second-order valence-electron chi connectivity index (χ2n) is 3.85. The van der Waals surface area contributed by atoms with Gasteiger partial charge < -0.3 is 10.6 Å². The molecule has 4 heteroatoms. The highest BCUT2D eigenvalue weighted by Crippen LogP contribution is 2.24. The first-order chi connectivity index (χ1) is 8.22. The van der Waals surface area contributed by atoms with Crippen molar-refractivity contribution in [2.24, 2.45) is 0 Å². The number of hydrogen-bond acceptors (Lipinski definition) is 4.